The number of carbonyl (C=O) groups excluding carboxylic acids is 1. The molecule has 0 spiro atoms. The fourth-order valence-corrected chi connectivity index (χ4v) is 6.23. The van der Waals surface area contributed by atoms with Crippen LogP contribution in [0.5, 0.6) is 11.5 Å². The Morgan fingerprint density at radius 3 is 2.19 bits per heavy atom. The second-order valence-corrected chi connectivity index (χ2v) is 9.96. The first-order valence-corrected chi connectivity index (χ1v) is 11.9. The molecule has 2 aromatic carbocycles. The van der Waals surface area contributed by atoms with Gasteiger partial charge in [0.25, 0.3) is 5.91 Å². The largest absolute Gasteiger partial charge is 0.482 e. The molecule has 0 aliphatic carbocycles. The smallest absolute Gasteiger partial charge is 0.326 e. The van der Waals surface area contributed by atoms with Crippen LogP contribution < -0.4 is 18.1 Å². The van der Waals surface area contributed by atoms with Crippen molar-refractivity contribution in [3.63, 3.8) is 0 Å². The molecule has 3 aliphatic heterocycles. The van der Waals surface area contributed by atoms with Crippen LogP contribution in [0.3, 0.4) is 0 Å². The third-order valence-corrected chi connectivity index (χ3v) is 8.13. The number of fused-ring (bicyclic) bond motifs is 2. The molecule has 1 saturated heterocycles. The second kappa shape index (κ2) is 7.33. The third kappa shape index (κ3) is 3.18. The maximum Gasteiger partial charge on any atom is 0.326 e. The van der Waals surface area contributed by atoms with Gasteiger partial charge < -0.3 is 14.4 Å². The Balaban J connectivity index is 1.30. The zero-order valence-corrected chi connectivity index (χ0v) is 18.3. The molecule has 0 radical (unpaired) electrons. The number of likely N-dealkylation sites (tertiary alicyclic amines) is 1. The van der Waals surface area contributed by atoms with Crippen LogP contribution in [0.2, 0.25) is 0 Å². The molecule has 31 heavy (non-hydrogen) atoms. The molecule has 8 nitrogen and oxygen atoms in total. The van der Waals surface area contributed by atoms with E-state index in [0.29, 0.717) is 48.8 Å². The Hall–Kier alpha value is -2.94. The lowest BCUT2D eigenvalue weighted by molar-refractivity contribution is -0.145. The first-order valence-electron chi connectivity index (χ1n) is 10.5. The number of amides is 1. The van der Waals surface area contributed by atoms with Gasteiger partial charge in [-0.2, -0.15) is 8.42 Å². The first kappa shape index (κ1) is 20.0. The van der Waals surface area contributed by atoms with Crippen molar-refractivity contribution in [1.82, 2.24) is 4.90 Å². The Labute approximate surface area is 182 Å². The number of nitrogens with zero attached hydrogens (tertiary/aromatic N) is 3. The van der Waals surface area contributed by atoms with Gasteiger partial charge in [-0.3, -0.25) is 9.10 Å². The number of piperidine rings is 1. The Morgan fingerprint density at radius 2 is 1.52 bits per heavy atom. The molecule has 5 rings (SSSR count). The van der Waals surface area contributed by atoms with Crippen molar-refractivity contribution in [2.45, 2.75) is 38.0 Å². The van der Waals surface area contributed by atoms with Crippen LogP contribution in [0.15, 0.2) is 48.5 Å². The fraction of sp³-hybridized carbons (Fsp3) is 0.409. The van der Waals surface area contributed by atoms with E-state index in [4.69, 9.17) is 9.47 Å². The van der Waals surface area contributed by atoms with Crippen LogP contribution in [-0.4, -0.2) is 57.6 Å². The lowest BCUT2D eigenvalue weighted by Crippen LogP contribution is -2.55. The number of benzene rings is 2. The highest BCUT2D eigenvalue weighted by Crippen LogP contribution is 2.42. The summed E-state index contributed by atoms with van der Waals surface area (Å²) in [6, 6.07) is 14.5. The monoisotopic (exact) mass is 443 g/mol. The van der Waals surface area contributed by atoms with E-state index in [2.05, 4.69) is 0 Å². The van der Waals surface area contributed by atoms with E-state index in [-0.39, 0.29) is 11.9 Å². The minimum absolute atomic E-state index is 0.123. The van der Waals surface area contributed by atoms with Gasteiger partial charge in [0.15, 0.2) is 11.5 Å². The van der Waals surface area contributed by atoms with Gasteiger partial charge in [0.1, 0.15) is 6.10 Å². The average Bonchev–Trinajstić information content (AvgIpc) is 2.98. The van der Waals surface area contributed by atoms with Crippen molar-refractivity contribution in [3.05, 3.63) is 48.5 Å². The second-order valence-electron chi connectivity index (χ2n) is 8.12. The predicted octanol–water partition coefficient (Wildman–Crippen LogP) is 2.41. The minimum atomic E-state index is -3.61. The molecule has 9 heteroatoms. The molecule has 0 aromatic heterocycles. The molecular weight excluding hydrogens is 418 g/mol. The molecule has 1 fully saturated rings. The van der Waals surface area contributed by atoms with E-state index in [0.717, 1.165) is 0 Å². The summed E-state index contributed by atoms with van der Waals surface area (Å²) in [5.74, 6) is 1.08. The summed E-state index contributed by atoms with van der Waals surface area (Å²) in [4.78, 5) is 14.9. The first-order chi connectivity index (χ1) is 14.9. The zero-order valence-electron chi connectivity index (χ0n) is 17.5. The standard InChI is InChI=1S/C22H25N3O5S/c1-15-21(30-20-10-6-5-9-19(20)29-15)22(26)24-13-11-16(12-14-24)25-18-8-4-3-7-17(18)23(2)31(25,27)28/h3-10,15-16,21H,11-14H2,1-2H3/t15-,21-/m1/s1. The molecule has 2 atom stereocenters. The fourth-order valence-electron chi connectivity index (χ4n) is 4.57. The van der Waals surface area contributed by atoms with Crippen molar-refractivity contribution >= 4 is 27.5 Å². The van der Waals surface area contributed by atoms with Crippen molar-refractivity contribution in [1.29, 1.82) is 0 Å². The topological polar surface area (TPSA) is 79.4 Å². The van der Waals surface area contributed by atoms with Gasteiger partial charge in [-0.25, -0.2) is 4.31 Å². The number of rotatable bonds is 2. The molecule has 0 bridgehead atoms. The van der Waals surface area contributed by atoms with Gasteiger partial charge >= 0.3 is 10.2 Å². The molecule has 3 aliphatic rings. The molecule has 1 amide bonds. The van der Waals surface area contributed by atoms with Gasteiger partial charge in [0, 0.05) is 20.1 Å². The van der Waals surface area contributed by atoms with E-state index in [1.807, 2.05) is 49.4 Å². The summed E-state index contributed by atoms with van der Waals surface area (Å²) in [6.07, 6.45) is 0.00521. The highest BCUT2D eigenvalue weighted by Gasteiger charge is 2.44. The Kier molecular flexibility index (Phi) is 4.73. The summed E-state index contributed by atoms with van der Waals surface area (Å²) < 4.78 is 40.7. The number of para-hydroxylation sites is 4. The summed E-state index contributed by atoms with van der Waals surface area (Å²) in [5.41, 5.74) is 1.38. The lowest BCUT2D eigenvalue weighted by Gasteiger charge is -2.39. The Morgan fingerprint density at radius 1 is 0.935 bits per heavy atom. The minimum Gasteiger partial charge on any atom is -0.482 e. The number of anilines is 2. The summed E-state index contributed by atoms with van der Waals surface area (Å²) in [7, 11) is -2.03. The van der Waals surface area contributed by atoms with Gasteiger partial charge in [-0.05, 0) is 44.0 Å². The van der Waals surface area contributed by atoms with Crippen LogP contribution in [0.4, 0.5) is 11.4 Å². The molecule has 0 unspecified atom stereocenters. The lowest BCUT2D eigenvalue weighted by atomic mass is 10.0. The van der Waals surface area contributed by atoms with Crippen molar-refractivity contribution < 1.29 is 22.7 Å². The SMILES string of the molecule is C[C@H]1Oc2ccccc2O[C@H]1C(=O)N1CCC(N2c3ccccc3N(C)S2(=O)=O)CC1. The van der Waals surface area contributed by atoms with Gasteiger partial charge in [-0.15, -0.1) is 0 Å². The van der Waals surface area contributed by atoms with Gasteiger partial charge in [0.05, 0.1) is 17.4 Å². The number of ether oxygens (including phenoxy) is 2. The van der Waals surface area contributed by atoms with Crippen LogP contribution in [0.25, 0.3) is 0 Å². The molecular formula is C22H25N3O5S. The van der Waals surface area contributed by atoms with Gasteiger partial charge in [0.2, 0.25) is 6.10 Å². The van der Waals surface area contributed by atoms with E-state index < -0.39 is 22.4 Å². The molecule has 0 N–H and O–H groups in total. The summed E-state index contributed by atoms with van der Waals surface area (Å²) in [6.45, 7) is 2.76. The number of hydrogen-bond acceptors (Lipinski definition) is 5. The van der Waals surface area contributed by atoms with E-state index >= 15 is 0 Å². The zero-order chi connectivity index (χ0) is 21.8. The molecule has 2 aromatic rings. The van der Waals surface area contributed by atoms with Crippen molar-refractivity contribution in [2.75, 3.05) is 28.7 Å². The molecule has 3 heterocycles. The summed E-state index contributed by atoms with van der Waals surface area (Å²) >= 11 is 0. The molecule has 0 saturated carbocycles. The third-order valence-electron chi connectivity index (χ3n) is 6.25. The highest BCUT2D eigenvalue weighted by atomic mass is 32.2. The number of hydrogen-bond donors (Lipinski definition) is 0. The average molecular weight is 444 g/mol. The predicted molar refractivity (Wildman–Crippen MR) is 117 cm³/mol. The molecule has 164 valence electrons. The Bertz CT molecular complexity index is 1110. The quantitative estimate of drug-likeness (QED) is 0.712. The van der Waals surface area contributed by atoms with Crippen molar-refractivity contribution in [2.24, 2.45) is 0 Å². The maximum atomic E-state index is 13.2. The van der Waals surface area contributed by atoms with E-state index in [1.54, 1.807) is 18.0 Å². The van der Waals surface area contributed by atoms with Crippen LogP contribution in [-0.2, 0) is 15.0 Å². The van der Waals surface area contributed by atoms with Crippen LogP contribution >= 0.6 is 0 Å². The van der Waals surface area contributed by atoms with E-state index in [1.165, 1.54) is 8.61 Å². The number of carbonyl (C=O) groups is 1. The van der Waals surface area contributed by atoms with Crippen molar-refractivity contribution in [3.8, 4) is 11.5 Å². The van der Waals surface area contributed by atoms with Crippen LogP contribution in [0, 0.1) is 0 Å². The van der Waals surface area contributed by atoms with Gasteiger partial charge in [-0.1, -0.05) is 24.3 Å². The highest BCUT2D eigenvalue weighted by molar-refractivity contribution is 7.94. The van der Waals surface area contributed by atoms with E-state index in [9.17, 15) is 13.2 Å². The maximum absolute atomic E-state index is 13.2. The summed E-state index contributed by atoms with van der Waals surface area (Å²) in [5, 5.41) is 0. The van der Waals surface area contributed by atoms with Crippen LogP contribution in [0.1, 0.15) is 19.8 Å². The normalized spacial score (nSPS) is 24.8.